The van der Waals surface area contributed by atoms with Crippen LogP contribution in [-0.4, -0.2) is 30.0 Å². The molecule has 4 nitrogen and oxygen atoms in total. The zero-order valence-electron chi connectivity index (χ0n) is 11.2. The molecule has 0 bridgehead atoms. The van der Waals surface area contributed by atoms with Crippen molar-refractivity contribution in [2.24, 2.45) is 11.8 Å². The summed E-state index contributed by atoms with van der Waals surface area (Å²) in [5, 5.41) is 7.65. The number of aromatic nitrogens is 2. The van der Waals surface area contributed by atoms with Crippen LogP contribution in [0, 0.1) is 11.8 Å². The fourth-order valence-electron chi connectivity index (χ4n) is 2.25. The molecule has 1 aliphatic heterocycles. The molecule has 1 N–H and O–H groups in total. The van der Waals surface area contributed by atoms with Gasteiger partial charge in [-0.1, -0.05) is 20.8 Å². The van der Waals surface area contributed by atoms with Crippen LogP contribution in [0.4, 0.5) is 0 Å². The molecule has 2 unspecified atom stereocenters. The third kappa shape index (κ3) is 2.46. The highest BCUT2D eigenvalue weighted by Gasteiger charge is 2.26. The van der Waals surface area contributed by atoms with Gasteiger partial charge in [0.25, 0.3) is 0 Å². The summed E-state index contributed by atoms with van der Waals surface area (Å²) in [6, 6.07) is 0. The smallest absolute Gasteiger partial charge is 0.215 e. The Bertz CT molecular complexity index is 373. The molecule has 2 heterocycles. The van der Waals surface area contributed by atoms with Crippen molar-refractivity contribution >= 4 is 0 Å². The van der Waals surface area contributed by atoms with Gasteiger partial charge in [0.2, 0.25) is 5.88 Å². The number of hydrogen-bond donors (Lipinski definition) is 1. The first kappa shape index (κ1) is 12.4. The molecule has 17 heavy (non-hydrogen) atoms. The van der Waals surface area contributed by atoms with Crippen LogP contribution in [0.3, 0.4) is 0 Å². The minimum absolute atomic E-state index is 0.500. The lowest BCUT2D eigenvalue weighted by Crippen LogP contribution is -2.33. The maximum absolute atomic E-state index is 5.89. The Morgan fingerprint density at radius 2 is 2.29 bits per heavy atom. The van der Waals surface area contributed by atoms with E-state index in [-0.39, 0.29) is 0 Å². The molecule has 1 aromatic rings. The first-order chi connectivity index (χ1) is 8.13. The SMILES string of the molecule is CNCC1COc2c(C(C)C(C)C)cnn2C1. The third-order valence-corrected chi connectivity index (χ3v) is 3.69. The molecule has 0 aromatic carbocycles. The highest BCUT2D eigenvalue weighted by molar-refractivity contribution is 5.29. The summed E-state index contributed by atoms with van der Waals surface area (Å²) in [4.78, 5) is 0. The van der Waals surface area contributed by atoms with Crippen molar-refractivity contribution in [2.75, 3.05) is 20.2 Å². The van der Waals surface area contributed by atoms with Gasteiger partial charge in [-0.3, -0.25) is 0 Å². The van der Waals surface area contributed by atoms with E-state index in [4.69, 9.17) is 4.74 Å². The highest BCUT2D eigenvalue weighted by atomic mass is 16.5. The van der Waals surface area contributed by atoms with Gasteiger partial charge in [-0.25, -0.2) is 4.68 Å². The first-order valence-electron chi connectivity index (χ1n) is 6.46. The zero-order chi connectivity index (χ0) is 12.4. The molecule has 0 saturated heterocycles. The van der Waals surface area contributed by atoms with Crippen molar-refractivity contribution in [3.8, 4) is 5.88 Å². The maximum Gasteiger partial charge on any atom is 0.215 e. The Kier molecular flexibility index (Phi) is 3.72. The van der Waals surface area contributed by atoms with Crippen molar-refractivity contribution < 1.29 is 4.74 Å². The average Bonchev–Trinajstić information content (AvgIpc) is 2.71. The van der Waals surface area contributed by atoms with E-state index in [1.165, 1.54) is 5.56 Å². The van der Waals surface area contributed by atoms with E-state index in [2.05, 4.69) is 31.2 Å². The van der Waals surface area contributed by atoms with Crippen molar-refractivity contribution in [2.45, 2.75) is 33.2 Å². The molecule has 96 valence electrons. The van der Waals surface area contributed by atoms with Gasteiger partial charge in [-0.2, -0.15) is 5.10 Å². The minimum atomic E-state index is 0.500. The van der Waals surface area contributed by atoms with Crippen molar-refractivity contribution in [1.82, 2.24) is 15.1 Å². The number of fused-ring (bicyclic) bond motifs is 1. The Morgan fingerprint density at radius 1 is 1.53 bits per heavy atom. The Morgan fingerprint density at radius 3 is 2.94 bits per heavy atom. The standard InChI is InChI=1S/C13H23N3O/c1-9(2)10(3)12-6-15-16-7-11(5-14-4)8-17-13(12)16/h6,9-11,14H,5,7-8H2,1-4H3. The van der Waals surface area contributed by atoms with E-state index in [0.29, 0.717) is 17.8 Å². The summed E-state index contributed by atoms with van der Waals surface area (Å²) in [5.41, 5.74) is 1.25. The lowest BCUT2D eigenvalue weighted by molar-refractivity contribution is 0.161. The van der Waals surface area contributed by atoms with E-state index in [1.54, 1.807) is 0 Å². The molecular weight excluding hydrogens is 214 g/mol. The third-order valence-electron chi connectivity index (χ3n) is 3.69. The molecule has 1 aliphatic rings. The van der Waals surface area contributed by atoms with E-state index >= 15 is 0 Å². The van der Waals surface area contributed by atoms with Gasteiger partial charge in [0.05, 0.1) is 19.3 Å². The molecule has 1 aromatic heterocycles. The molecule has 0 amide bonds. The van der Waals surface area contributed by atoms with Gasteiger partial charge in [0, 0.05) is 18.0 Å². The predicted octanol–water partition coefficient (Wildman–Crippen LogP) is 1.87. The van der Waals surface area contributed by atoms with Crippen LogP contribution in [0.25, 0.3) is 0 Å². The second kappa shape index (κ2) is 5.08. The lowest BCUT2D eigenvalue weighted by Gasteiger charge is -2.26. The van der Waals surface area contributed by atoms with Crippen LogP contribution in [-0.2, 0) is 6.54 Å². The number of hydrogen-bond acceptors (Lipinski definition) is 3. The number of ether oxygens (including phenoxy) is 1. The summed E-state index contributed by atoms with van der Waals surface area (Å²) in [5.74, 6) is 2.62. The van der Waals surface area contributed by atoms with Crippen LogP contribution >= 0.6 is 0 Å². The van der Waals surface area contributed by atoms with Crippen LogP contribution in [0.2, 0.25) is 0 Å². The predicted molar refractivity (Wildman–Crippen MR) is 68.4 cm³/mol. The van der Waals surface area contributed by atoms with Gasteiger partial charge < -0.3 is 10.1 Å². The van der Waals surface area contributed by atoms with Crippen LogP contribution in [0.1, 0.15) is 32.3 Å². The average molecular weight is 237 g/mol. The molecule has 0 radical (unpaired) electrons. The summed E-state index contributed by atoms with van der Waals surface area (Å²) < 4.78 is 7.91. The molecule has 0 spiro atoms. The second-order valence-electron chi connectivity index (χ2n) is 5.35. The molecule has 0 saturated carbocycles. The largest absolute Gasteiger partial charge is 0.477 e. The second-order valence-corrected chi connectivity index (χ2v) is 5.35. The molecule has 2 rings (SSSR count). The van der Waals surface area contributed by atoms with Crippen LogP contribution in [0.5, 0.6) is 5.88 Å². The van der Waals surface area contributed by atoms with E-state index < -0.39 is 0 Å². The van der Waals surface area contributed by atoms with Gasteiger partial charge in [0.1, 0.15) is 0 Å². The van der Waals surface area contributed by atoms with Crippen molar-refractivity contribution in [1.29, 1.82) is 0 Å². The van der Waals surface area contributed by atoms with Gasteiger partial charge >= 0.3 is 0 Å². The van der Waals surface area contributed by atoms with Crippen LogP contribution < -0.4 is 10.1 Å². The molecular formula is C13H23N3O. The molecule has 4 heteroatoms. The minimum Gasteiger partial charge on any atom is -0.477 e. The Balaban J connectivity index is 2.15. The zero-order valence-corrected chi connectivity index (χ0v) is 11.2. The molecule has 2 atom stereocenters. The van der Waals surface area contributed by atoms with Crippen molar-refractivity contribution in [3.63, 3.8) is 0 Å². The lowest BCUT2D eigenvalue weighted by atomic mass is 9.92. The van der Waals surface area contributed by atoms with E-state index in [1.807, 2.05) is 17.9 Å². The highest BCUT2D eigenvalue weighted by Crippen LogP contribution is 2.33. The topological polar surface area (TPSA) is 39.1 Å². The summed E-state index contributed by atoms with van der Waals surface area (Å²) in [6.45, 7) is 9.45. The fraction of sp³-hybridized carbons (Fsp3) is 0.769. The summed E-state index contributed by atoms with van der Waals surface area (Å²) in [6.07, 6.45) is 1.97. The number of nitrogens with zero attached hydrogens (tertiary/aromatic N) is 2. The monoisotopic (exact) mass is 237 g/mol. The molecule has 0 fully saturated rings. The summed E-state index contributed by atoms with van der Waals surface area (Å²) in [7, 11) is 1.98. The first-order valence-corrected chi connectivity index (χ1v) is 6.46. The Labute approximate surface area is 103 Å². The van der Waals surface area contributed by atoms with Gasteiger partial charge in [-0.15, -0.1) is 0 Å². The van der Waals surface area contributed by atoms with Gasteiger partial charge in [-0.05, 0) is 18.9 Å². The van der Waals surface area contributed by atoms with Gasteiger partial charge in [0.15, 0.2) is 0 Å². The normalized spacial score (nSPS) is 21.1. The maximum atomic E-state index is 5.89. The molecule has 0 aliphatic carbocycles. The summed E-state index contributed by atoms with van der Waals surface area (Å²) >= 11 is 0. The number of nitrogens with one attached hydrogen (secondary N) is 1. The van der Waals surface area contributed by atoms with E-state index in [0.717, 1.165) is 25.6 Å². The Hall–Kier alpha value is -1.03. The van der Waals surface area contributed by atoms with Crippen LogP contribution in [0.15, 0.2) is 6.20 Å². The van der Waals surface area contributed by atoms with Crippen molar-refractivity contribution in [3.05, 3.63) is 11.8 Å². The quantitative estimate of drug-likeness (QED) is 0.869. The van der Waals surface area contributed by atoms with E-state index in [9.17, 15) is 0 Å². The fourth-order valence-corrected chi connectivity index (χ4v) is 2.25. The number of rotatable bonds is 4.